The molecule has 1 aromatic rings. The summed E-state index contributed by atoms with van der Waals surface area (Å²) in [6, 6.07) is 8.10. The van der Waals surface area contributed by atoms with Gasteiger partial charge in [0.25, 0.3) is 0 Å². The maximum absolute atomic E-state index is 6.16. The van der Waals surface area contributed by atoms with E-state index >= 15 is 0 Å². The second-order valence-corrected chi connectivity index (χ2v) is 4.85. The molecule has 0 heterocycles. The lowest BCUT2D eigenvalue weighted by atomic mass is 9.83. The Balaban J connectivity index is 2.80. The number of rotatable bonds is 3. The monoisotopic (exact) mass is 207 g/mol. The minimum atomic E-state index is 0.0631. The van der Waals surface area contributed by atoms with E-state index in [9.17, 15) is 0 Å². The fourth-order valence-electron chi connectivity index (χ4n) is 1.44. The van der Waals surface area contributed by atoms with E-state index in [2.05, 4.69) is 20.8 Å². The Labute approximate surface area is 92.4 Å². The topological polar surface area (TPSA) is 35.2 Å². The first-order chi connectivity index (χ1) is 6.95. The van der Waals surface area contributed by atoms with Crippen molar-refractivity contribution in [3.05, 3.63) is 29.8 Å². The summed E-state index contributed by atoms with van der Waals surface area (Å²) in [6.45, 7) is 9.12. The standard InChI is InChI=1S/C13H21NO/c1-5-15-11-8-6-10(7-9-11)12(14)13(2,3)4/h6-9,12H,5,14H2,1-4H3. The highest BCUT2D eigenvalue weighted by Crippen LogP contribution is 2.30. The molecule has 1 rings (SSSR count). The van der Waals surface area contributed by atoms with Gasteiger partial charge >= 0.3 is 0 Å². The lowest BCUT2D eigenvalue weighted by molar-refractivity contribution is 0.324. The molecule has 84 valence electrons. The Morgan fingerprint density at radius 1 is 1.20 bits per heavy atom. The number of hydrogen-bond donors (Lipinski definition) is 1. The normalized spacial score (nSPS) is 13.7. The maximum atomic E-state index is 6.16. The van der Waals surface area contributed by atoms with Crippen LogP contribution in [-0.4, -0.2) is 6.61 Å². The zero-order valence-electron chi connectivity index (χ0n) is 10.1. The number of benzene rings is 1. The second kappa shape index (κ2) is 4.67. The van der Waals surface area contributed by atoms with E-state index in [0.717, 1.165) is 11.3 Å². The molecule has 1 aromatic carbocycles. The lowest BCUT2D eigenvalue weighted by Crippen LogP contribution is -2.26. The van der Waals surface area contributed by atoms with Gasteiger partial charge in [-0.1, -0.05) is 32.9 Å². The third-order valence-corrected chi connectivity index (χ3v) is 2.48. The van der Waals surface area contributed by atoms with Crippen LogP contribution in [-0.2, 0) is 0 Å². The Hall–Kier alpha value is -1.02. The summed E-state index contributed by atoms with van der Waals surface area (Å²) in [5.41, 5.74) is 7.40. The molecule has 1 unspecified atom stereocenters. The molecule has 2 heteroatoms. The summed E-state index contributed by atoms with van der Waals surface area (Å²) in [4.78, 5) is 0. The van der Waals surface area contributed by atoms with Crippen molar-refractivity contribution in [1.29, 1.82) is 0 Å². The van der Waals surface area contributed by atoms with Crippen molar-refractivity contribution in [3.63, 3.8) is 0 Å². The minimum absolute atomic E-state index is 0.0631. The van der Waals surface area contributed by atoms with E-state index in [1.165, 1.54) is 0 Å². The highest BCUT2D eigenvalue weighted by Gasteiger charge is 2.21. The van der Waals surface area contributed by atoms with Crippen LogP contribution in [0.5, 0.6) is 5.75 Å². The quantitative estimate of drug-likeness (QED) is 0.826. The number of hydrogen-bond acceptors (Lipinski definition) is 2. The predicted molar refractivity (Wildman–Crippen MR) is 64.0 cm³/mol. The van der Waals surface area contributed by atoms with Crippen molar-refractivity contribution in [1.82, 2.24) is 0 Å². The fourth-order valence-corrected chi connectivity index (χ4v) is 1.44. The number of nitrogens with two attached hydrogens (primary N) is 1. The molecule has 0 saturated carbocycles. The molecule has 2 N–H and O–H groups in total. The highest BCUT2D eigenvalue weighted by atomic mass is 16.5. The molecule has 0 aliphatic rings. The zero-order chi connectivity index (χ0) is 11.5. The van der Waals surface area contributed by atoms with E-state index in [0.29, 0.717) is 6.61 Å². The first-order valence-electron chi connectivity index (χ1n) is 5.43. The molecule has 0 amide bonds. The van der Waals surface area contributed by atoms with Gasteiger partial charge in [-0.05, 0) is 30.0 Å². The Kier molecular flexibility index (Phi) is 3.75. The summed E-state index contributed by atoms with van der Waals surface area (Å²) < 4.78 is 5.39. The van der Waals surface area contributed by atoms with Gasteiger partial charge in [-0.15, -0.1) is 0 Å². The van der Waals surface area contributed by atoms with Crippen molar-refractivity contribution in [2.45, 2.75) is 33.7 Å². The molecular formula is C13H21NO. The highest BCUT2D eigenvalue weighted by molar-refractivity contribution is 5.29. The van der Waals surface area contributed by atoms with Gasteiger partial charge in [-0.3, -0.25) is 0 Å². The first kappa shape index (κ1) is 12.1. The van der Waals surface area contributed by atoms with Crippen LogP contribution in [0.15, 0.2) is 24.3 Å². The summed E-state index contributed by atoms with van der Waals surface area (Å²) in [7, 11) is 0. The molecule has 0 fully saturated rings. The smallest absolute Gasteiger partial charge is 0.119 e. The molecule has 0 saturated heterocycles. The van der Waals surface area contributed by atoms with Gasteiger partial charge < -0.3 is 10.5 Å². The van der Waals surface area contributed by atoms with Crippen LogP contribution < -0.4 is 10.5 Å². The largest absolute Gasteiger partial charge is 0.494 e. The molecule has 1 atom stereocenters. The van der Waals surface area contributed by atoms with Gasteiger partial charge in [0.05, 0.1) is 6.61 Å². The molecule has 0 bridgehead atoms. The maximum Gasteiger partial charge on any atom is 0.119 e. The Morgan fingerprint density at radius 2 is 1.73 bits per heavy atom. The minimum Gasteiger partial charge on any atom is -0.494 e. The van der Waals surface area contributed by atoms with Crippen molar-refractivity contribution in [2.75, 3.05) is 6.61 Å². The van der Waals surface area contributed by atoms with Gasteiger partial charge in [0.2, 0.25) is 0 Å². The van der Waals surface area contributed by atoms with Crippen LogP contribution in [0.3, 0.4) is 0 Å². The van der Waals surface area contributed by atoms with Gasteiger partial charge in [-0.25, -0.2) is 0 Å². The van der Waals surface area contributed by atoms with Crippen LogP contribution in [0.4, 0.5) is 0 Å². The molecule has 0 spiro atoms. The van der Waals surface area contributed by atoms with Gasteiger partial charge in [0.1, 0.15) is 5.75 Å². The third-order valence-electron chi connectivity index (χ3n) is 2.48. The summed E-state index contributed by atoms with van der Waals surface area (Å²) in [5.74, 6) is 0.905. The van der Waals surface area contributed by atoms with E-state index < -0.39 is 0 Å². The van der Waals surface area contributed by atoms with E-state index in [-0.39, 0.29) is 11.5 Å². The molecular weight excluding hydrogens is 186 g/mol. The van der Waals surface area contributed by atoms with Gasteiger partial charge in [0, 0.05) is 6.04 Å². The molecule has 0 aliphatic carbocycles. The molecule has 0 radical (unpaired) electrons. The van der Waals surface area contributed by atoms with Gasteiger partial charge in [-0.2, -0.15) is 0 Å². The average Bonchev–Trinajstić information content (AvgIpc) is 2.17. The molecule has 15 heavy (non-hydrogen) atoms. The van der Waals surface area contributed by atoms with Crippen LogP contribution in [0, 0.1) is 5.41 Å². The summed E-state index contributed by atoms with van der Waals surface area (Å²) in [5, 5.41) is 0. The van der Waals surface area contributed by atoms with Crippen molar-refractivity contribution < 1.29 is 4.74 Å². The van der Waals surface area contributed by atoms with Crippen LogP contribution >= 0.6 is 0 Å². The van der Waals surface area contributed by atoms with Crippen molar-refractivity contribution in [3.8, 4) is 5.75 Å². The first-order valence-corrected chi connectivity index (χ1v) is 5.43. The Bertz CT molecular complexity index is 297. The van der Waals surface area contributed by atoms with E-state index in [4.69, 9.17) is 10.5 Å². The third kappa shape index (κ3) is 3.24. The van der Waals surface area contributed by atoms with Crippen molar-refractivity contribution in [2.24, 2.45) is 11.1 Å². The summed E-state index contributed by atoms with van der Waals surface area (Å²) in [6.07, 6.45) is 0. The van der Waals surface area contributed by atoms with Crippen LogP contribution in [0.25, 0.3) is 0 Å². The average molecular weight is 207 g/mol. The van der Waals surface area contributed by atoms with E-state index in [1.807, 2.05) is 31.2 Å². The van der Waals surface area contributed by atoms with Gasteiger partial charge in [0.15, 0.2) is 0 Å². The zero-order valence-corrected chi connectivity index (χ0v) is 10.1. The van der Waals surface area contributed by atoms with Crippen LogP contribution in [0.1, 0.15) is 39.3 Å². The summed E-state index contributed by atoms with van der Waals surface area (Å²) >= 11 is 0. The van der Waals surface area contributed by atoms with E-state index in [1.54, 1.807) is 0 Å². The number of ether oxygens (including phenoxy) is 1. The molecule has 0 aromatic heterocycles. The lowest BCUT2D eigenvalue weighted by Gasteiger charge is -2.27. The molecule has 0 aliphatic heterocycles. The SMILES string of the molecule is CCOc1ccc(C(N)C(C)(C)C)cc1. The molecule has 2 nitrogen and oxygen atoms in total. The fraction of sp³-hybridized carbons (Fsp3) is 0.538. The second-order valence-electron chi connectivity index (χ2n) is 4.85. The van der Waals surface area contributed by atoms with Crippen molar-refractivity contribution >= 4 is 0 Å². The van der Waals surface area contributed by atoms with Crippen LogP contribution in [0.2, 0.25) is 0 Å². The Morgan fingerprint density at radius 3 is 2.13 bits per heavy atom. The predicted octanol–water partition coefficient (Wildman–Crippen LogP) is 3.13.